The molecule has 1 heterocycles. The molecule has 1 aromatic carbocycles. The topological polar surface area (TPSA) is 60.2 Å². The third-order valence-corrected chi connectivity index (χ3v) is 2.46. The van der Waals surface area contributed by atoms with Gasteiger partial charge in [0.05, 0.1) is 6.61 Å². The minimum atomic E-state index is -0.0239. The third-order valence-electron chi connectivity index (χ3n) is 2.46. The summed E-state index contributed by atoms with van der Waals surface area (Å²) in [5.41, 5.74) is 0.988. The highest BCUT2D eigenvalue weighted by Gasteiger charge is 2.12. The summed E-state index contributed by atoms with van der Waals surface area (Å²) in [7, 11) is 0. The van der Waals surface area contributed by atoms with Crippen LogP contribution < -0.4 is 10.1 Å². The van der Waals surface area contributed by atoms with Crippen molar-refractivity contribution in [1.82, 2.24) is 10.1 Å². The molecule has 5 heteroatoms. The van der Waals surface area contributed by atoms with Crippen molar-refractivity contribution in [3.63, 3.8) is 0 Å². The molecule has 0 radical (unpaired) electrons. The Balaban J connectivity index is 2.00. The fraction of sp³-hybridized carbons (Fsp3) is 0.385. The van der Waals surface area contributed by atoms with Crippen molar-refractivity contribution in [3.05, 3.63) is 36.0 Å². The number of hydrogen-bond acceptors (Lipinski definition) is 5. The SMILES string of the molecule is CCOc1ccc(N[C@H](C)c2nc(C)no2)cc1. The standard InChI is InChI=1S/C13H17N3O2/c1-4-17-12-7-5-11(6-8-12)14-9(2)13-15-10(3)16-18-13/h5-9,14H,4H2,1-3H3/t9-/m1/s1. The molecule has 0 saturated heterocycles. The van der Waals surface area contributed by atoms with E-state index >= 15 is 0 Å². The average Bonchev–Trinajstić information content (AvgIpc) is 2.79. The second-order valence-corrected chi connectivity index (χ2v) is 4.00. The molecule has 2 aromatic rings. The summed E-state index contributed by atoms with van der Waals surface area (Å²) >= 11 is 0. The summed E-state index contributed by atoms with van der Waals surface area (Å²) in [6.07, 6.45) is 0. The molecule has 0 fully saturated rings. The number of nitrogens with one attached hydrogen (secondary N) is 1. The fourth-order valence-corrected chi connectivity index (χ4v) is 1.61. The lowest BCUT2D eigenvalue weighted by Crippen LogP contribution is -2.06. The van der Waals surface area contributed by atoms with Crippen LogP contribution in [-0.4, -0.2) is 16.7 Å². The molecule has 0 bridgehead atoms. The van der Waals surface area contributed by atoms with Crippen LogP contribution in [0.4, 0.5) is 5.69 Å². The smallest absolute Gasteiger partial charge is 0.248 e. The van der Waals surface area contributed by atoms with Gasteiger partial charge in [-0.3, -0.25) is 0 Å². The van der Waals surface area contributed by atoms with Crippen LogP contribution in [-0.2, 0) is 0 Å². The first kappa shape index (κ1) is 12.4. The fourth-order valence-electron chi connectivity index (χ4n) is 1.61. The van der Waals surface area contributed by atoms with E-state index in [-0.39, 0.29) is 6.04 Å². The van der Waals surface area contributed by atoms with Gasteiger partial charge in [-0.2, -0.15) is 4.98 Å². The van der Waals surface area contributed by atoms with Gasteiger partial charge in [0.25, 0.3) is 0 Å². The first-order valence-corrected chi connectivity index (χ1v) is 5.98. The molecule has 1 aromatic heterocycles. The second kappa shape index (κ2) is 5.53. The molecule has 0 spiro atoms. The van der Waals surface area contributed by atoms with E-state index in [0.717, 1.165) is 11.4 Å². The number of hydrogen-bond donors (Lipinski definition) is 1. The quantitative estimate of drug-likeness (QED) is 0.880. The summed E-state index contributed by atoms with van der Waals surface area (Å²) < 4.78 is 10.5. The van der Waals surface area contributed by atoms with E-state index in [2.05, 4.69) is 15.5 Å². The number of aryl methyl sites for hydroxylation is 1. The lowest BCUT2D eigenvalue weighted by Gasteiger charge is -2.11. The zero-order chi connectivity index (χ0) is 13.0. The Hall–Kier alpha value is -2.04. The van der Waals surface area contributed by atoms with E-state index in [1.165, 1.54) is 0 Å². The lowest BCUT2D eigenvalue weighted by molar-refractivity contribution is 0.340. The molecular weight excluding hydrogens is 230 g/mol. The molecule has 0 unspecified atom stereocenters. The Labute approximate surface area is 106 Å². The Kier molecular flexibility index (Phi) is 3.82. The molecule has 0 aliphatic rings. The van der Waals surface area contributed by atoms with E-state index in [0.29, 0.717) is 18.3 Å². The van der Waals surface area contributed by atoms with E-state index in [1.807, 2.05) is 38.1 Å². The largest absolute Gasteiger partial charge is 0.494 e. The highest BCUT2D eigenvalue weighted by molar-refractivity contribution is 5.47. The Bertz CT molecular complexity index is 493. The second-order valence-electron chi connectivity index (χ2n) is 4.00. The van der Waals surface area contributed by atoms with E-state index in [9.17, 15) is 0 Å². The highest BCUT2D eigenvalue weighted by atomic mass is 16.5. The Morgan fingerprint density at radius 1 is 1.33 bits per heavy atom. The average molecular weight is 247 g/mol. The van der Waals surface area contributed by atoms with Crippen LogP contribution in [0, 0.1) is 6.92 Å². The number of ether oxygens (including phenoxy) is 1. The van der Waals surface area contributed by atoms with Crippen LogP contribution in [0.1, 0.15) is 31.6 Å². The van der Waals surface area contributed by atoms with Crippen molar-refractivity contribution in [2.24, 2.45) is 0 Å². The molecule has 2 rings (SSSR count). The van der Waals surface area contributed by atoms with E-state index < -0.39 is 0 Å². The van der Waals surface area contributed by atoms with Crippen molar-refractivity contribution in [1.29, 1.82) is 0 Å². The highest BCUT2D eigenvalue weighted by Crippen LogP contribution is 2.20. The number of rotatable bonds is 5. The summed E-state index contributed by atoms with van der Waals surface area (Å²) in [6.45, 7) is 6.41. The predicted molar refractivity (Wildman–Crippen MR) is 68.7 cm³/mol. The third kappa shape index (κ3) is 3.00. The van der Waals surface area contributed by atoms with Gasteiger partial charge in [0.15, 0.2) is 5.82 Å². The van der Waals surface area contributed by atoms with E-state index in [4.69, 9.17) is 9.26 Å². The monoisotopic (exact) mass is 247 g/mol. The van der Waals surface area contributed by atoms with Gasteiger partial charge < -0.3 is 14.6 Å². The van der Waals surface area contributed by atoms with Crippen molar-refractivity contribution in [3.8, 4) is 5.75 Å². The molecule has 1 atom stereocenters. The molecule has 96 valence electrons. The Morgan fingerprint density at radius 3 is 2.61 bits per heavy atom. The van der Waals surface area contributed by atoms with Crippen molar-refractivity contribution < 1.29 is 9.26 Å². The summed E-state index contributed by atoms with van der Waals surface area (Å²) in [6, 6.07) is 7.76. The molecular formula is C13H17N3O2. The molecule has 5 nitrogen and oxygen atoms in total. The lowest BCUT2D eigenvalue weighted by atomic mass is 10.2. The number of nitrogens with zero attached hydrogens (tertiary/aromatic N) is 2. The number of anilines is 1. The van der Waals surface area contributed by atoms with Crippen LogP contribution in [0.2, 0.25) is 0 Å². The van der Waals surface area contributed by atoms with Gasteiger partial charge in [-0.15, -0.1) is 0 Å². The van der Waals surface area contributed by atoms with Crippen molar-refractivity contribution >= 4 is 5.69 Å². The number of aromatic nitrogens is 2. The van der Waals surface area contributed by atoms with Crippen LogP contribution >= 0.6 is 0 Å². The summed E-state index contributed by atoms with van der Waals surface area (Å²) in [5.74, 6) is 2.09. The molecule has 0 saturated carbocycles. The van der Waals surface area contributed by atoms with Crippen LogP contribution in [0.15, 0.2) is 28.8 Å². The van der Waals surface area contributed by atoms with Crippen molar-refractivity contribution in [2.45, 2.75) is 26.8 Å². The molecule has 0 aliphatic carbocycles. The van der Waals surface area contributed by atoms with E-state index in [1.54, 1.807) is 6.92 Å². The van der Waals surface area contributed by atoms with Gasteiger partial charge >= 0.3 is 0 Å². The maximum Gasteiger partial charge on any atom is 0.248 e. The van der Waals surface area contributed by atoms with Gasteiger partial charge in [-0.1, -0.05) is 5.16 Å². The first-order chi connectivity index (χ1) is 8.69. The molecule has 0 aliphatic heterocycles. The zero-order valence-electron chi connectivity index (χ0n) is 10.8. The van der Waals surface area contributed by atoms with Gasteiger partial charge in [0.2, 0.25) is 5.89 Å². The Morgan fingerprint density at radius 2 is 2.06 bits per heavy atom. The first-order valence-electron chi connectivity index (χ1n) is 5.98. The van der Waals surface area contributed by atoms with Crippen LogP contribution in [0.3, 0.4) is 0 Å². The maximum absolute atomic E-state index is 5.39. The summed E-state index contributed by atoms with van der Waals surface area (Å²) in [4.78, 5) is 4.19. The normalized spacial score (nSPS) is 12.2. The maximum atomic E-state index is 5.39. The molecule has 0 amide bonds. The minimum Gasteiger partial charge on any atom is -0.494 e. The van der Waals surface area contributed by atoms with Crippen LogP contribution in [0.25, 0.3) is 0 Å². The molecule has 18 heavy (non-hydrogen) atoms. The number of benzene rings is 1. The van der Waals surface area contributed by atoms with Gasteiger partial charge in [0.1, 0.15) is 11.8 Å². The van der Waals surface area contributed by atoms with Crippen molar-refractivity contribution in [2.75, 3.05) is 11.9 Å². The van der Waals surface area contributed by atoms with Gasteiger partial charge in [-0.25, -0.2) is 0 Å². The zero-order valence-corrected chi connectivity index (χ0v) is 10.8. The molecule has 1 N–H and O–H groups in total. The van der Waals surface area contributed by atoms with Gasteiger partial charge in [0, 0.05) is 5.69 Å². The predicted octanol–water partition coefficient (Wildman–Crippen LogP) is 2.95. The minimum absolute atomic E-state index is 0.0239. The van der Waals surface area contributed by atoms with Gasteiger partial charge in [-0.05, 0) is 45.0 Å². The van der Waals surface area contributed by atoms with Crippen LogP contribution in [0.5, 0.6) is 5.75 Å². The summed E-state index contributed by atoms with van der Waals surface area (Å²) in [5, 5.41) is 7.06.